The van der Waals surface area contributed by atoms with Crippen molar-refractivity contribution in [2.75, 3.05) is 23.4 Å². The van der Waals surface area contributed by atoms with Crippen LogP contribution in [0.4, 0.5) is 16.5 Å². The number of hydrazone groups is 1. The van der Waals surface area contributed by atoms with Gasteiger partial charge in [0.05, 0.1) is 16.0 Å². The summed E-state index contributed by atoms with van der Waals surface area (Å²) in [6, 6.07) is 6.38. The number of nitro benzene ring substituents is 1. The van der Waals surface area contributed by atoms with Crippen molar-refractivity contribution in [1.29, 1.82) is 0 Å². The summed E-state index contributed by atoms with van der Waals surface area (Å²) in [6.07, 6.45) is 3.35. The molecule has 0 aliphatic rings. The Bertz CT molecular complexity index is 667. The van der Waals surface area contributed by atoms with E-state index in [1.807, 2.05) is 0 Å². The van der Waals surface area contributed by atoms with Gasteiger partial charge in [0.2, 0.25) is 0 Å². The maximum Gasteiger partial charge on any atom is 0.294 e. The van der Waals surface area contributed by atoms with Crippen molar-refractivity contribution in [3.05, 3.63) is 45.5 Å². The predicted molar refractivity (Wildman–Crippen MR) is 90.0 cm³/mol. The molecule has 1 aromatic carbocycles. The van der Waals surface area contributed by atoms with Crippen LogP contribution in [0.3, 0.4) is 0 Å². The maximum atomic E-state index is 10.9. The second kappa shape index (κ2) is 7.51. The van der Waals surface area contributed by atoms with E-state index in [0.29, 0.717) is 5.69 Å². The molecule has 1 aromatic heterocycles. The molecule has 0 atom stereocenters. The highest BCUT2D eigenvalue weighted by Gasteiger charge is 2.11. The van der Waals surface area contributed by atoms with E-state index in [2.05, 4.69) is 34.3 Å². The van der Waals surface area contributed by atoms with Gasteiger partial charge in [-0.1, -0.05) is 23.5 Å². The van der Waals surface area contributed by atoms with Crippen molar-refractivity contribution < 1.29 is 4.92 Å². The minimum atomic E-state index is -0.441. The molecule has 0 spiro atoms. The summed E-state index contributed by atoms with van der Waals surface area (Å²) >= 11 is 1.53. The lowest BCUT2D eigenvalue weighted by Gasteiger charge is -2.16. The van der Waals surface area contributed by atoms with E-state index < -0.39 is 4.92 Å². The Balaban J connectivity index is 2.06. The largest absolute Gasteiger partial charge is 0.349 e. The molecule has 2 aromatic rings. The van der Waals surface area contributed by atoms with E-state index >= 15 is 0 Å². The molecule has 0 fully saturated rings. The van der Waals surface area contributed by atoms with Crippen LogP contribution in [0, 0.1) is 10.1 Å². The van der Waals surface area contributed by atoms with Crippen LogP contribution in [-0.2, 0) is 0 Å². The topological polar surface area (TPSA) is 83.7 Å². The number of aromatic nitrogens is 1. The first-order chi connectivity index (χ1) is 10.7. The Morgan fingerprint density at radius 1 is 1.41 bits per heavy atom. The smallest absolute Gasteiger partial charge is 0.294 e. The zero-order valence-electron chi connectivity index (χ0n) is 12.4. The molecule has 22 heavy (non-hydrogen) atoms. The summed E-state index contributed by atoms with van der Waals surface area (Å²) in [4.78, 5) is 17.8. The van der Waals surface area contributed by atoms with Crippen molar-refractivity contribution in [1.82, 2.24) is 4.98 Å². The van der Waals surface area contributed by atoms with Gasteiger partial charge >= 0.3 is 0 Å². The van der Waals surface area contributed by atoms with Crippen molar-refractivity contribution in [2.24, 2.45) is 5.10 Å². The Kier molecular flexibility index (Phi) is 5.42. The second-order valence-electron chi connectivity index (χ2n) is 4.36. The number of hydrogen-bond donors (Lipinski definition) is 1. The number of rotatable bonds is 7. The van der Waals surface area contributed by atoms with E-state index in [-0.39, 0.29) is 5.69 Å². The Hall–Kier alpha value is -2.48. The third kappa shape index (κ3) is 3.79. The molecular weight excluding hydrogens is 302 g/mol. The van der Waals surface area contributed by atoms with Gasteiger partial charge in [0.1, 0.15) is 5.69 Å². The zero-order chi connectivity index (χ0) is 15.9. The minimum Gasteiger partial charge on any atom is -0.349 e. The second-order valence-corrected chi connectivity index (χ2v) is 5.40. The molecule has 2 rings (SSSR count). The molecule has 0 unspecified atom stereocenters. The molecule has 0 saturated heterocycles. The van der Waals surface area contributed by atoms with Crippen molar-refractivity contribution in [3.8, 4) is 0 Å². The highest BCUT2D eigenvalue weighted by atomic mass is 32.1. The third-order valence-corrected chi connectivity index (χ3v) is 4.02. The lowest BCUT2D eigenvalue weighted by molar-refractivity contribution is -0.384. The van der Waals surface area contributed by atoms with Gasteiger partial charge < -0.3 is 4.90 Å². The highest BCUT2D eigenvalue weighted by molar-refractivity contribution is 7.17. The van der Waals surface area contributed by atoms with Gasteiger partial charge in [-0.05, 0) is 19.9 Å². The molecule has 0 amide bonds. The Morgan fingerprint density at radius 2 is 2.14 bits per heavy atom. The van der Waals surface area contributed by atoms with Gasteiger partial charge in [-0.2, -0.15) is 5.10 Å². The van der Waals surface area contributed by atoms with Crippen LogP contribution in [-0.4, -0.2) is 29.2 Å². The van der Waals surface area contributed by atoms with Crippen LogP contribution < -0.4 is 10.3 Å². The third-order valence-electron chi connectivity index (χ3n) is 3.02. The first-order valence-corrected chi connectivity index (χ1v) is 7.70. The van der Waals surface area contributed by atoms with Gasteiger partial charge in [0, 0.05) is 25.4 Å². The number of hydrogen-bond acceptors (Lipinski definition) is 7. The van der Waals surface area contributed by atoms with E-state index in [0.717, 1.165) is 23.1 Å². The minimum absolute atomic E-state index is 0.00668. The summed E-state index contributed by atoms with van der Waals surface area (Å²) in [7, 11) is 0. The van der Waals surface area contributed by atoms with E-state index in [9.17, 15) is 10.1 Å². The maximum absolute atomic E-state index is 10.9. The van der Waals surface area contributed by atoms with Gasteiger partial charge in [0.15, 0.2) is 5.13 Å². The Morgan fingerprint density at radius 3 is 2.82 bits per heavy atom. The number of nitrogens with zero attached hydrogens (tertiary/aromatic N) is 4. The van der Waals surface area contributed by atoms with Crippen LogP contribution in [0.5, 0.6) is 0 Å². The first-order valence-electron chi connectivity index (χ1n) is 6.89. The Labute approximate surface area is 132 Å². The van der Waals surface area contributed by atoms with E-state index in [1.54, 1.807) is 30.6 Å². The molecule has 0 saturated carbocycles. The summed E-state index contributed by atoms with van der Waals surface area (Å²) < 4.78 is 0. The SMILES string of the molecule is CCN(CC)c1ncc(/C=N\Nc2ccccc2[N+](=O)[O-])s1. The summed E-state index contributed by atoms with van der Waals surface area (Å²) in [6.45, 7) is 5.95. The average molecular weight is 319 g/mol. The summed E-state index contributed by atoms with van der Waals surface area (Å²) in [5.74, 6) is 0. The summed E-state index contributed by atoms with van der Waals surface area (Å²) in [5.41, 5.74) is 3.05. The number of anilines is 2. The normalized spacial score (nSPS) is 10.8. The standard InChI is InChI=1S/C14H17N5O2S/c1-3-18(4-2)14-15-9-11(22-14)10-16-17-12-7-5-6-8-13(12)19(20)21/h5-10,17H,3-4H2,1-2H3/b16-10-. The molecule has 0 bridgehead atoms. The fourth-order valence-corrected chi connectivity index (χ4v) is 2.78. The van der Waals surface area contributed by atoms with Crippen molar-refractivity contribution in [2.45, 2.75) is 13.8 Å². The van der Waals surface area contributed by atoms with Crippen LogP contribution in [0.15, 0.2) is 35.6 Å². The van der Waals surface area contributed by atoms with Crippen LogP contribution in [0.1, 0.15) is 18.7 Å². The number of benzene rings is 1. The number of para-hydroxylation sites is 2. The van der Waals surface area contributed by atoms with Crippen LogP contribution >= 0.6 is 11.3 Å². The average Bonchev–Trinajstić information content (AvgIpc) is 2.97. The van der Waals surface area contributed by atoms with E-state index in [1.165, 1.54) is 17.4 Å². The quantitative estimate of drug-likeness (QED) is 0.481. The molecule has 0 aliphatic carbocycles. The van der Waals surface area contributed by atoms with Crippen LogP contribution in [0.2, 0.25) is 0 Å². The van der Waals surface area contributed by atoms with E-state index in [4.69, 9.17) is 0 Å². The van der Waals surface area contributed by atoms with Gasteiger partial charge in [-0.15, -0.1) is 0 Å². The lowest BCUT2D eigenvalue weighted by Crippen LogP contribution is -2.21. The lowest BCUT2D eigenvalue weighted by atomic mass is 10.3. The van der Waals surface area contributed by atoms with Gasteiger partial charge in [-0.25, -0.2) is 4.98 Å². The fourth-order valence-electron chi connectivity index (χ4n) is 1.87. The molecule has 0 aliphatic heterocycles. The number of thiazole rings is 1. The molecular formula is C14H17N5O2S. The molecule has 116 valence electrons. The van der Waals surface area contributed by atoms with Crippen LogP contribution in [0.25, 0.3) is 0 Å². The highest BCUT2D eigenvalue weighted by Crippen LogP contribution is 2.23. The van der Waals surface area contributed by atoms with Crippen molar-refractivity contribution in [3.63, 3.8) is 0 Å². The molecule has 7 nitrogen and oxygen atoms in total. The fraction of sp³-hybridized carbons (Fsp3) is 0.286. The van der Waals surface area contributed by atoms with Crippen molar-refractivity contribution >= 4 is 34.1 Å². The number of nitrogens with one attached hydrogen (secondary N) is 1. The monoisotopic (exact) mass is 319 g/mol. The molecule has 1 heterocycles. The molecule has 1 N–H and O–H groups in total. The number of nitro groups is 1. The zero-order valence-corrected chi connectivity index (χ0v) is 13.2. The molecule has 8 heteroatoms. The summed E-state index contributed by atoms with van der Waals surface area (Å²) in [5, 5.41) is 15.9. The predicted octanol–water partition coefficient (Wildman–Crippen LogP) is 3.34. The van der Waals surface area contributed by atoms with Gasteiger partial charge in [-0.3, -0.25) is 15.5 Å². The van der Waals surface area contributed by atoms with Gasteiger partial charge in [0.25, 0.3) is 5.69 Å². The molecule has 0 radical (unpaired) electrons. The first kappa shape index (κ1) is 15.9.